The lowest BCUT2D eigenvalue weighted by atomic mass is 9.94. The van der Waals surface area contributed by atoms with Gasteiger partial charge in [0.15, 0.2) is 5.60 Å². The lowest BCUT2D eigenvalue weighted by Gasteiger charge is -2.17. The molecule has 0 radical (unpaired) electrons. The van der Waals surface area contributed by atoms with Gasteiger partial charge >= 0.3 is 0 Å². The largest absolute Gasteiger partial charge is 0.375 e. The Labute approximate surface area is 74.5 Å². The van der Waals surface area contributed by atoms with Crippen molar-refractivity contribution in [2.75, 3.05) is 0 Å². The molecule has 68 valence electrons. The fourth-order valence-electron chi connectivity index (χ4n) is 1.11. The highest BCUT2D eigenvalue weighted by Crippen LogP contribution is 2.18. The standard InChI is InChI=1S/C10H17NO/c1-3-5-6-8-10(12,9-11)7-4-2/h4,12H,2-3,5-8H2,1H3. The summed E-state index contributed by atoms with van der Waals surface area (Å²) in [5.74, 6) is 0. The van der Waals surface area contributed by atoms with E-state index < -0.39 is 5.60 Å². The van der Waals surface area contributed by atoms with Crippen LogP contribution in [0.2, 0.25) is 0 Å². The topological polar surface area (TPSA) is 44.0 Å². The SMILES string of the molecule is C=CCC(O)(C#N)CCCCC. The molecule has 0 aliphatic rings. The van der Waals surface area contributed by atoms with Crippen LogP contribution in [0.5, 0.6) is 0 Å². The normalized spacial score (nSPS) is 14.8. The third kappa shape index (κ3) is 4.15. The smallest absolute Gasteiger partial charge is 0.154 e. The van der Waals surface area contributed by atoms with E-state index in [1.807, 2.05) is 6.07 Å². The first kappa shape index (κ1) is 11.2. The Morgan fingerprint density at radius 1 is 1.58 bits per heavy atom. The number of unbranched alkanes of at least 4 members (excludes halogenated alkanes) is 2. The maximum atomic E-state index is 9.61. The number of nitriles is 1. The first-order valence-electron chi connectivity index (χ1n) is 4.43. The van der Waals surface area contributed by atoms with Crippen LogP contribution in [0.3, 0.4) is 0 Å². The van der Waals surface area contributed by atoms with Gasteiger partial charge in [0.2, 0.25) is 0 Å². The maximum Gasteiger partial charge on any atom is 0.154 e. The van der Waals surface area contributed by atoms with Gasteiger partial charge in [0, 0.05) is 6.42 Å². The van der Waals surface area contributed by atoms with E-state index in [1.54, 1.807) is 6.08 Å². The van der Waals surface area contributed by atoms with Crippen LogP contribution in [0.4, 0.5) is 0 Å². The van der Waals surface area contributed by atoms with Gasteiger partial charge in [0.1, 0.15) is 0 Å². The number of rotatable bonds is 6. The molecule has 1 unspecified atom stereocenters. The minimum Gasteiger partial charge on any atom is -0.375 e. The number of aliphatic hydroxyl groups is 1. The molecule has 1 atom stereocenters. The highest BCUT2D eigenvalue weighted by molar-refractivity contribution is 5.03. The molecular weight excluding hydrogens is 150 g/mol. The van der Waals surface area contributed by atoms with E-state index in [-0.39, 0.29) is 0 Å². The van der Waals surface area contributed by atoms with Crippen molar-refractivity contribution >= 4 is 0 Å². The quantitative estimate of drug-likeness (QED) is 0.375. The molecule has 0 fully saturated rings. The molecule has 0 bridgehead atoms. The lowest BCUT2D eigenvalue weighted by Crippen LogP contribution is -2.25. The highest BCUT2D eigenvalue weighted by Gasteiger charge is 2.23. The molecule has 2 heteroatoms. The van der Waals surface area contributed by atoms with Gasteiger partial charge in [0.05, 0.1) is 6.07 Å². The summed E-state index contributed by atoms with van der Waals surface area (Å²) < 4.78 is 0. The summed E-state index contributed by atoms with van der Waals surface area (Å²) in [7, 11) is 0. The second-order valence-corrected chi connectivity index (χ2v) is 3.09. The molecule has 0 aromatic rings. The zero-order valence-electron chi connectivity index (χ0n) is 7.71. The number of hydrogen-bond donors (Lipinski definition) is 1. The molecule has 0 aromatic heterocycles. The molecule has 0 saturated heterocycles. The minimum absolute atomic E-state index is 0.368. The van der Waals surface area contributed by atoms with Crippen LogP contribution >= 0.6 is 0 Å². The summed E-state index contributed by atoms with van der Waals surface area (Å²) in [6, 6.07) is 1.92. The maximum absolute atomic E-state index is 9.61. The summed E-state index contributed by atoms with van der Waals surface area (Å²) in [6.45, 7) is 5.61. The minimum atomic E-state index is -1.17. The molecule has 0 aromatic carbocycles. The van der Waals surface area contributed by atoms with Crippen LogP contribution in [0.15, 0.2) is 12.7 Å². The van der Waals surface area contributed by atoms with Crippen LogP contribution in [-0.4, -0.2) is 10.7 Å². The fourth-order valence-corrected chi connectivity index (χ4v) is 1.11. The van der Waals surface area contributed by atoms with E-state index in [2.05, 4.69) is 13.5 Å². The summed E-state index contributed by atoms with van der Waals surface area (Å²) in [5.41, 5.74) is -1.17. The van der Waals surface area contributed by atoms with Crippen LogP contribution in [0.25, 0.3) is 0 Å². The van der Waals surface area contributed by atoms with Gasteiger partial charge in [-0.25, -0.2) is 0 Å². The van der Waals surface area contributed by atoms with E-state index >= 15 is 0 Å². The molecule has 1 N–H and O–H groups in total. The molecule has 12 heavy (non-hydrogen) atoms. The van der Waals surface area contributed by atoms with Crippen molar-refractivity contribution in [1.29, 1.82) is 5.26 Å². The average Bonchev–Trinajstić information content (AvgIpc) is 2.06. The second kappa shape index (κ2) is 5.79. The van der Waals surface area contributed by atoms with Crippen LogP contribution in [-0.2, 0) is 0 Å². The molecule has 2 nitrogen and oxygen atoms in total. The zero-order chi connectivity index (χ0) is 9.45. The monoisotopic (exact) mass is 167 g/mol. The van der Waals surface area contributed by atoms with Crippen LogP contribution < -0.4 is 0 Å². The van der Waals surface area contributed by atoms with Gasteiger partial charge in [-0.3, -0.25) is 0 Å². The number of nitrogens with zero attached hydrogens (tertiary/aromatic N) is 1. The van der Waals surface area contributed by atoms with Gasteiger partial charge in [-0.05, 0) is 12.8 Å². The molecule has 0 heterocycles. The zero-order valence-corrected chi connectivity index (χ0v) is 7.71. The first-order valence-corrected chi connectivity index (χ1v) is 4.43. The van der Waals surface area contributed by atoms with Crippen molar-refractivity contribution in [3.63, 3.8) is 0 Å². The molecule has 0 spiro atoms. The van der Waals surface area contributed by atoms with Gasteiger partial charge in [-0.2, -0.15) is 5.26 Å². The first-order chi connectivity index (χ1) is 5.68. The molecule has 0 aliphatic heterocycles. The van der Waals surface area contributed by atoms with Gasteiger partial charge in [0.25, 0.3) is 0 Å². The summed E-state index contributed by atoms with van der Waals surface area (Å²) in [5, 5.41) is 18.3. The summed E-state index contributed by atoms with van der Waals surface area (Å²) in [6.07, 6.45) is 5.61. The van der Waals surface area contributed by atoms with Crippen LogP contribution in [0, 0.1) is 11.3 Å². The fraction of sp³-hybridized carbons (Fsp3) is 0.700. The van der Waals surface area contributed by atoms with Gasteiger partial charge < -0.3 is 5.11 Å². The summed E-state index contributed by atoms with van der Waals surface area (Å²) >= 11 is 0. The number of hydrogen-bond acceptors (Lipinski definition) is 2. The van der Waals surface area contributed by atoms with E-state index in [1.165, 1.54) is 0 Å². The van der Waals surface area contributed by atoms with Crippen molar-refractivity contribution in [2.24, 2.45) is 0 Å². The Kier molecular flexibility index (Phi) is 5.40. The average molecular weight is 167 g/mol. The Hall–Kier alpha value is -0.810. The Morgan fingerprint density at radius 3 is 2.67 bits per heavy atom. The Balaban J connectivity index is 3.81. The van der Waals surface area contributed by atoms with Gasteiger partial charge in [-0.1, -0.05) is 25.8 Å². The van der Waals surface area contributed by atoms with Crippen molar-refractivity contribution in [3.8, 4) is 6.07 Å². The highest BCUT2D eigenvalue weighted by atomic mass is 16.3. The Morgan fingerprint density at radius 2 is 2.25 bits per heavy atom. The molecular formula is C10H17NO. The molecule has 0 amide bonds. The third-order valence-electron chi connectivity index (χ3n) is 1.88. The molecule has 0 saturated carbocycles. The Bertz CT molecular complexity index is 171. The van der Waals surface area contributed by atoms with Crippen molar-refractivity contribution in [1.82, 2.24) is 0 Å². The van der Waals surface area contributed by atoms with Crippen molar-refractivity contribution in [3.05, 3.63) is 12.7 Å². The van der Waals surface area contributed by atoms with E-state index in [0.29, 0.717) is 12.8 Å². The van der Waals surface area contributed by atoms with Crippen molar-refractivity contribution in [2.45, 2.75) is 44.6 Å². The van der Waals surface area contributed by atoms with Crippen LogP contribution in [0.1, 0.15) is 39.0 Å². The third-order valence-corrected chi connectivity index (χ3v) is 1.88. The van der Waals surface area contributed by atoms with E-state index in [0.717, 1.165) is 19.3 Å². The molecule has 0 rings (SSSR count). The van der Waals surface area contributed by atoms with Crippen molar-refractivity contribution < 1.29 is 5.11 Å². The predicted molar refractivity (Wildman–Crippen MR) is 49.5 cm³/mol. The second-order valence-electron chi connectivity index (χ2n) is 3.09. The lowest BCUT2D eigenvalue weighted by molar-refractivity contribution is 0.0896. The van der Waals surface area contributed by atoms with E-state index in [9.17, 15) is 5.11 Å². The van der Waals surface area contributed by atoms with E-state index in [4.69, 9.17) is 5.26 Å². The predicted octanol–water partition coefficient (Wildman–Crippen LogP) is 2.40. The van der Waals surface area contributed by atoms with Gasteiger partial charge in [-0.15, -0.1) is 6.58 Å². The molecule has 0 aliphatic carbocycles. The summed E-state index contributed by atoms with van der Waals surface area (Å²) in [4.78, 5) is 0.